The Labute approximate surface area is 172 Å². The van der Waals surface area contributed by atoms with E-state index in [9.17, 15) is 14.0 Å². The Morgan fingerprint density at radius 1 is 1.10 bits per heavy atom. The van der Waals surface area contributed by atoms with Gasteiger partial charge in [0.15, 0.2) is 0 Å². The Balaban J connectivity index is 1.56. The summed E-state index contributed by atoms with van der Waals surface area (Å²) in [6.07, 6.45) is 0.134. The number of aromatic nitrogens is 2. The maximum absolute atomic E-state index is 13.2. The van der Waals surface area contributed by atoms with Gasteiger partial charge in [0.05, 0.1) is 17.8 Å². The van der Waals surface area contributed by atoms with Gasteiger partial charge in [0.2, 0.25) is 5.91 Å². The number of nitrogens with zero attached hydrogens (tertiary/aromatic N) is 2. The fraction of sp³-hybridized carbons (Fsp3) is 0.174. The average molecular weight is 405 g/mol. The normalized spacial score (nSPS) is 11.1. The summed E-state index contributed by atoms with van der Waals surface area (Å²) in [5, 5.41) is 8.16. The maximum Gasteiger partial charge on any atom is 0.336 e. The molecule has 0 aliphatic rings. The molecule has 1 amide bonds. The van der Waals surface area contributed by atoms with Crippen molar-refractivity contribution in [1.29, 1.82) is 0 Å². The summed E-state index contributed by atoms with van der Waals surface area (Å²) < 4.78 is 20.1. The Bertz CT molecular complexity index is 1320. The highest BCUT2D eigenvalue weighted by Gasteiger charge is 2.16. The maximum atomic E-state index is 13.2. The third-order valence-electron chi connectivity index (χ3n) is 5.08. The van der Waals surface area contributed by atoms with Gasteiger partial charge < -0.3 is 9.73 Å². The van der Waals surface area contributed by atoms with Crippen LogP contribution in [0.2, 0.25) is 0 Å². The summed E-state index contributed by atoms with van der Waals surface area (Å²) >= 11 is 0. The summed E-state index contributed by atoms with van der Waals surface area (Å²) in [4.78, 5) is 24.3. The summed E-state index contributed by atoms with van der Waals surface area (Å²) in [7, 11) is 0. The van der Waals surface area contributed by atoms with Crippen LogP contribution in [0.3, 0.4) is 0 Å². The van der Waals surface area contributed by atoms with Gasteiger partial charge in [-0.1, -0.05) is 0 Å². The lowest BCUT2D eigenvalue weighted by atomic mass is 10.1. The van der Waals surface area contributed by atoms with Crippen LogP contribution in [-0.4, -0.2) is 15.7 Å². The predicted octanol–water partition coefficient (Wildman–Crippen LogP) is 4.22. The van der Waals surface area contributed by atoms with E-state index < -0.39 is 5.63 Å². The van der Waals surface area contributed by atoms with Crippen LogP contribution >= 0.6 is 0 Å². The lowest BCUT2D eigenvalue weighted by molar-refractivity contribution is -0.115. The second kappa shape index (κ2) is 7.59. The largest absolute Gasteiger partial charge is 0.423 e. The first-order valence-electron chi connectivity index (χ1n) is 9.47. The molecule has 0 atom stereocenters. The van der Waals surface area contributed by atoms with Crippen LogP contribution in [0.15, 0.2) is 57.7 Å². The van der Waals surface area contributed by atoms with Crippen molar-refractivity contribution in [3.63, 3.8) is 0 Å². The highest BCUT2D eigenvalue weighted by atomic mass is 19.1. The Morgan fingerprint density at radius 3 is 2.57 bits per heavy atom. The smallest absolute Gasteiger partial charge is 0.336 e. The molecule has 0 saturated heterocycles. The summed E-state index contributed by atoms with van der Waals surface area (Å²) in [6.45, 7) is 5.55. The average Bonchev–Trinajstić information content (AvgIpc) is 2.96. The summed E-state index contributed by atoms with van der Waals surface area (Å²) in [5.41, 5.74) is 4.43. The molecule has 0 bridgehead atoms. The summed E-state index contributed by atoms with van der Waals surface area (Å²) in [6, 6.07) is 12.7. The first kappa shape index (κ1) is 19.6. The number of hydrogen-bond donors (Lipinski definition) is 1. The molecule has 4 aromatic rings. The molecular formula is C23H20FN3O3. The fourth-order valence-corrected chi connectivity index (χ4v) is 3.53. The molecule has 0 radical (unpaired) electrons. The number of nitrogens with one attached hydrogen (secondary N) is 1. The number of amides is 1. The van der Waals surface area contributed by atoms with Gasteiger partial charge in [0.25, 0.3) is 0 Å². The van der Waals surface area contributed by atoms with E-state index in [0.29, 0.717) is 11.3 Å². The lowest BCUT2D eigenvalue weighted by Gasteiger charge is -2.08. The van der Waals surface area contributed by atoms with Crippen LogP contribution in [0.5, 0.6) is 0 Å². The number of anilines is 1. The molecule has 0 aliphatic carbocycles. The van der Waals surface area contributed by atoms with E-state index >= 15 is 0 Å². The van der Waals surface area contributed by atoms with Crippen molar-refractivity contribution >= 4 is 22.6 Å². The van der Waals surface area contributed by atoms with Crippen molar-refractivity contribution in [3.8, 4) is 5.69 Å². The molecule has 152 valence electrons. The van der Waals surface area contributed by atoms with Gasteiger partial charge in [-0.25, -0.2) is 13.9 Å². The van der Waals surface area contributed by atoms with Crippen LogP contribution in [0.1, 0.15) is 22.5 Å². The zero-order valence-electron chi connectivity index (χ0n) is 16.8. The van der Waals surface area contributed by atoms with Crippen molar-refractivity contribution in [2.45, 2.75) is 27.2 Å². The topological polar surface area (TPSA) is 77.1 Å². The van der Waals surface area contributed by atoms with Crippen LogP contribution in [0.25, 0.3) is 16.7 Å². The van der Waals surface area contributed by atoms with Gasteiger partial charge in [-0.15, -0.1) is 0 Å². The second-order valence-corrected chi connectivity index (χ2v) is 7.22. The van der Waals surface area contributed by atoms with Crippen molar-refractivity contribution in [3.05, 3.63) is 87.3 Å². The molecule has 1 N–H and O–H groups in total. The first-order valence-corrected chi connectivity index (χ1v) is 9.47. The molecule has 6 nitrogen and oxygen atoms in total. The van der Waals surface area contributed by atoms with Gasteiger partial charge in [-0.3, -0.25) is 4.79 Å². The van der Waals surface area contributed by atoms with Crippen LogP contribution in [0.4, 0.5) is 10.1 Å². The van der Waals surface area contributed by atoms with Gasteiger partial charge in [0.1, 0.15) is 11.4 Å². The first-order chi connectivity index (χ1) is 14.3. The molecule has 2 aromatic heterocycles. The molecule has 0 saturated carbocycles. The van der Waals surface area contributed by atoms with Crippen molar-refractivity contribution in [1.82, 2.24) is 9.78 Å². The Morgan fingerprint density at radius 2 is 1.83 bits per heavy atom. The molecule has 0 fully saturated rings. The molecule has 0 aliphatic heterocycles. The predicted molar refractivity (Wildman–Crippen MR) is 113 cm³/mol. The Hall–Kier alpha value is -3.74. The van der Waals surface area contributed by atoms with Crippen LogP contribution in [0, 0.1) is 26.6 Å². The van der Waals surface area contributed by atoms with Gasteiger partial charge in [0, 0.05) is 34.5 Å². The van der Waals surface area contributed by atoms with E-state index in [0.717, 1.165) is 33.6 Å². The van der Waals surface area contributed by atoms with Crippen LogP contribution in [-0.2, 0) is 11.2 Å². The highest BCUT2D eigenvalue weighted by Crippen LogP contribution is 2.22. The van der Waals surface area contributed by atoms with Crippen LogP contribution < -0.4 is 10.9 Å². The van der Waals surface area contributed by atoms with Crippen molar-refractivity contribution < 1.29 is 13.6 Å². The second-order valence-electron chi connectivity index (χ2n) is 7.22. The zero-order chi connectivity index (χ0) is 21.4. The number of aryl methyl sites for hydroxylation is 2. The SMILES string of the molecule is Cc1nn(-c2ccc(F)cc2)c(C)c1CC(=O)Nc1ccc2c(C)cc(=O)oc2c1. The molecule has 7 heteroatoms. The number of halogens is 1. The summed E-state index contributed by atoms with van der Waals surface area (Å²) in [5.74, 6) is -0.532. The molecular weight excluding hydrogens is 385 g/mol. The molecule has 0 unspecified atom stereocenters. The van der Waals surface area contributed by atoms with Gasteiger partial charge >= 0.3 is 5.63 Å². The van der Waals surface area contributed by atoms with E-state index in [4.69, 9.17) is 4.42 Å². The zero-order valence-corrected chi connectivity index (χ0v) is 16.8. The molecule has 2 aromatic carbocycles. The number of carbonyl (C=O) groups excluding carboxylic acids is 1. The number of fused-ring (bicyclic) bond motifs is 1. The monoisotopic (exact) mass is 405 g/mol. The minimum absolute atomic E-state index is 0.134. The third kappa shape index (κ3) is 3.74. The van der Waals surface area contributed by atoms with Crippen molar-refractivity contribution in [2.75, 3.05) is 5.32 Å². The third-order valence-corrected chi connectivity index (χ3v) is 5.08. The van der Waals surface area contributed by atoms with Gasteiger partial charge in [-0.2, -0.15) is 5.10 Å². The van der Waals surface area contributed by atoms with E-state index in [-0.39, 0.29) is 18.1 Å². The highest BCUT2D eigenvalue weighted by molar-refractivity contribution is 5.95. The molecule has 2 heterocycles. The fourth-order valence-electron chi connectivity index (χ4n) is 3.53. The van der Waals surface area contributed by atoms with E-state index in [1.54, 1.807) is 28.9 Å². The van der Waals surface area contributed by atoms with E-state index in [2.05, 4.69) is 10.4 Å². The molecule has 30 heavy (non-hydrogen) atoms. The van der Waals surface area contributed by atoms with E-state index in [1.165, 1.54) is 18.2 Å². The quantitative estimate of drug-likeness (QED) is 0.516. The van der Waals surface area contributed by atoms with E-state index in [1.807, 2.05) is 26.8 Å². The standard InChI is InChI=1S/C23H20FN3O3/c1-13-10-23(29)30-21-11-17(6-9-19(13)21)25-22(28)12-20-14(2)26-27(15(20)3)18-7-4-16(24)5-8-18/h4-11H,12H2,1-3H3,(H,25,28). The number of hydrogen-bond acceptors (Lipinski definition) is 4. The van der Waals surface area contributed by atoms with Gasteiger partial charge in [-0.05, 0) is 62.7 Å². The minimum atomic E-state index is -0.428. The number of carbonyl (C=O) groups is 1. The minimum Gasteiger partial charge on any atom is -0.423 e. The molecule has 4 rings (SSSR count). The number of benzene rings is 2. The van der Waals surface area contributed by atoms with Crippen molar-refractivity contribution in [2.24, 2.45) is 0 Å². The molecule has 0 spiro atoms. The number of rotatable bonds is 4. The lowest BCUT2D eigenvalue weighted by Crippen LogP contribution is -2.15. The Kier molecular flexibility index (Phi) is 4.95.